The molecule has 27 heavy (non-hydrogen) atoms. The van der Waals surface area contributed by atoms with Crippen LogP contribution in [-0.2, 0) is 40.4 Å². The molecule has 1 radical (unpaired) electrons. The Morgan fingerprint density at radius 3 is 1.48 bits per heavy atom. The Labute approximate surface area is 187 Å². The largest absolute Gasteiger partial charge is 0.437 e. The first-order chi connectivity index (χ1) is 9.70. The molecule has 2 unspecified atom stereocenters. The van der Waals surface area contributed by atoms with E-state index in [2.05, 4.69) is 58.9 Å². The Kier molecular flexibility index (Phi) is 20.5. The second-order valence-electron chi connectivity index (χ2n) is 8.54. The Balaban J connectivity index is -0.000000323. The molecule has 1 aliphatic rings. The summed E-state index contributed by atoms with van der Waals surface area (Å²) in [6.07, 6.45) is 0.816. The van der Waals surface area contributed by atoms with E-state index in [1.807, 2.05) is 0 Å². The maximum absolute atomic E-state index is 6.52. The molecule has 0 aromatic rings. The summed E-state index contributed by atoms with van der Waals surface area (Å²) >= 11 is 0. The second-order valence-corrected chi connectivity index (χ2v) is 24.8. The van der Waals surface area contributed by atoms with Gasteiger partial charge in [0.2, 0.25) is 0 Å². The van der Waals surface area contributed by atoms with Crippen molar-refractivity contribution in [2.45, 2.75) is 94.7 Å². The summed E-state index contributed by atoms with van der Waals surface area (Å²) in [5.74, 6) is 0. The van der Waals surface area contributed by atoms with Gasteiger partial charge in [-0.25, -0.2) is 0 Å². The van der Waals surface area contributed by atoms with Gasteiger partial charge in [-0.2, -0.15) is 0 Å². The average Bonchev–Trinajstić information content (AvgIpc) is 2.91. The third kappa shape index (κ3) is 20.3. The van der Waals surface area contributed by atoms with Gasteiger partial charge in [0.25, 0.3) is 0 Å². The monoisotopic (exact) mass is 497 g/mol. The van der Waals surface area contributed by atoms with E-state index in [1.165, 1.54) is 0 Å². The Hall–Kier alpha value is 1.25. The van der Waals surface area contributed by atoms with Gasteiger partial charge in [-0.3, -0.25) is 0 Å². The molecule has 0 bridgehead atoms. The molecule has 169 valence electrons. The van der Waals surface area contributed by atoms with Gasteiger partial charge >= 0.3 is 17.1 Å². The molecule has 0 amide bonds. The fourth-order valence-electron chi connectivity index (χ4n) is 2.55. The van der Waals surface area contributed by atoms with E-state index >= 15 is 0 Å². The molecule has 5 nitrogen and oxygen atoms in total. The minimum Gasteiger partial charge on any atom is -0.437 e. The summed E-state index contributed by atoms with van der Waals surface area (Å²) in [4.78, 5) is 0. The van der Waals surface area contributed by atoms with Crippen LogP contribution < -0.4 is 0 Å². The molecule has 0 aliphatic carbocycles. The maximum atomic E-state index is 6.52. The SMILES string of the molecule is C.C.C.C.C[Si](C)(C)O[Si](C)(C)O[Si](C)(COCC1CO1)O[Si](C)(C)C.[V]. The first-order valence-electron chi connectivity index (χ1n) is 8.00. The van der Waals surface area contributed by atoms with Crippen molar-refractivity contribution in [2.75, 3.05) is 19.4 Å². The zero-order valence-electron chi connectivity index (χ0n) is 16.2. The fourth-order valence-corrected chi connectivity index (χ4v) is 19.8. The topological polar surface area (TPSA) is 49.5 Å². The molecule has 1 saturated heterocycles. The van der Waals surface area contributed by atoms with Gasteiger partial charge in [-0.05, 0) is 58.9 Å². The van der Waals surface area contributed by atoms with Gasteiger partial charge in [0.1, 0.15) is 6.10 Å². The van der Waals surface area contributed by atoms with Crippen LogP contribution in [0.15, 0.2) is 0 Å². The van der Waals surface area contributed by atoms with Crippen molar-refractivity contribution >= 4 is 33.8 Å². The van der Waals surface area contributed by atoms with Gasteiger partial charge in [-0.1, -0.05) is 29.7 Å². The number of epoxide rings is 1. The minimum absolute atomic E-state index is 0. The summed E-state index contributed by atoms with van der Waals surface area (Å²) in [5.41, 5.74) is 0. The van der Waals surface area contributed by atoms with Crippen LogP contribution in [0, 0.1) is 0 Å². The fraction of sp³-hybridized carbons (Fsp3) is 1.00. The van der Waals surface area contributed by atoms with Gasteiger partial charge in [0.05, 0.1) is 19.4 Å². The molecular formula is C17H50O5Si4V. The van der Waals surface area contributed by atoms with Crippen molar-refractivity contribution in [1.29, 1.82) is 0 Å². The van der Waals surface area contributed by atoms with Crippen molar-refractivity contribution in [2.24, 2.45) is 0 Å². The third-order valence-corrected chi connectivity index (χ3v) is 15.6. The van der Waals surface area contributed by atoms with E-state index in [9.17, 15) is 0 Å². The first-order valence-corrected chi connectivity index (χ1v) is 20.2. The van der Waals surface area contributed by atoms with Crippen LogP contribution in [0.25, 0.3) is 0 Å². The number of ether oxygens (including phenoxy) is 2. The molecule has 2 atom stereocenters. The van der Waals surface area contributed by atoms with E-state index in [4.69, 9.17) is 21.8 Å². The predicted octanol–water partition coefficient (Wildman–Crippen LogP) is 5.98. The van der Waals surface area contributed by atoms with E-state index in [1.54, 1.807) is 0 Å². The van der Waals surface area contributed by atoms with Crippen LogP contribution in [0.4, 0.5) is 0 Å². The molecule has 0 aromatic heterocycles. The number of hydrogen-bond donors (Lipinski definition) is 0. The summed E-state index contributed by atoms with van der Waals surface area (Å²) in [5, 5.41) is 0. The normalized spacial score (nSPS) is 18.3. The molecule has 0 spiro atoms. The maximum Gasteiger partial charge on any atom is 0.342 e. The smallest absolute Gasteiger partial charge is 0.342 e. The zero-order valence-corrected chi connectivity index (χ0v) is 21.6. The Morgan fingerprint density at radius 2 is 1.15 bits per heavy atom. The third-order valence-electron chi connectivity index (χ3n) is 2.61. The van der Waals surface area contributed by atoms with Gasteiger partial charge in [0, 0.05) is 18.6 Å². The molecule has 0 saturated carbocycles. The van der Waals surface area contributed by atoms with Crippen LogP contribution in [0.5, 0.6) is 0 Å². The van der Waals surface area contributed by atoms with Crippen molar-refractivity contribution in [3.05, 3.63) is 0 Å². The quantitative estimate of drug-likeness (QED) is 0.275. The number of hydrogen-bond acceptors (Lipinski definition) is 5. The van der Waals surface area contributed by atoms with Crippen LogP contribution >= 0.6 is 0 Å². The van der Waals surface area contributed by atoms with E-state index < -0.39 is 33.8 Å². The first kappa shape index (κ1) is 38.8. The molecule has 1 fully saturated rings. The summed E-state index contributed by atoms with van der Waals surface area (Å²) < 4.78 is 30.3. The second kappa shape index (κ2) is 14.3. The average molecular weight is 498 g/mol. The van der Waals surface area contributed by atoms with Gasteiger partial charge < -0.3 is 21.8 Å². The molecule has 10 heteroatoms. The standard InChI is InChI=1S/C13H34O5Si4.4CH4.V/c1-19(2,3)16-21(7,8)18-22(9,17-20(4,5)6)12-14-10-13-11-15-13;;;;;/h13H,10-12H2,1-9H3;4*1H4;. The molecule has 1 rings (SSSR count). The summed E-state index contributed by atoms with van der Waals surface area (Å²) in [6.45, 7) is 21.0. The van der Waals surface area contributed by atoms with Crippen molar-refractivity contribution < 1.29 is 40.4 Å². The van der Waals surface area contributed by atoms with Crippen LogP contribution in [0.3, 0.4) is 0 Å². The Bertz CT molecular complexity index is 371. The van der Waals surface area contributed by atoms with Gasteiger partial charge in [-0.15, -0.1) is 0 Å². The molecule has 1 aliphatic heterocycles. The van der Waals surface area contributed by atoms with E-state index in [0.717, 1.165) is 6.61 Å². The Morgan fingerprint density at radius 1 is 0.741 bits per heavy atom. The molecule has 1 heterocycles. The molecular weight excluding hydrogens is 447 g/mol. The molecule has 0 aromatic carbocycles. The van der Waals surface area contributed by atoms with Crippen molar-refractivity contribution in [3.8, 4) is 0 Å². The van der Waals surface area contributed by atoms with Gasteiger partial charge in [0.15, 0.2) is 16.6 Å². The van der Waals surface area contributed by atoms with Crippen LogP contribution in [0.1, 0.15) is 29.7 Å². The minimum atomic E-state index is -2.42. The van der Waals surface area contributed by atoms with Crippen LogP contribution in [-0.4, -0.2) is 59.3 Å². The van der Waals surface area contributed by atoms with E-state index in [0.29, 0.717) is 12.8 Å². The van der Waals surface area contributed by atoms with E-state index in [-0.39, 0.29) is 54.4 Å². The predicted molar refractivity (Wildman–Crippen MR) is 127 cm³/mol. The molecule has 0 N–H and O–H groups in total. The van der Waals surface area contributed by atoms with Crippen LogP contribution in [0.2, 0.25) is 58.9 Å². The number of rotatable bonds is 10. The van der Waals surface area contributed by atoms with Crippen molar-refractivity contribution in [1.82, 2.24) is 0 Å². The summed E-state index contributed by atoms with van der Waals surface area (Å²) in [6, 6.07) is 0. The zero-order chi connectivity index (χ0) is 17.2. The summed E-state index contributed by atoms with van der Waals surface area (Å²) in [7, 11) is -7.99. The van der Waals surface area contributed by atoms with Crippen molar-refractivity contribution in [3.63, 3.8) is 0 Å².